The van der Waals surface area contributed by atoms with Crippen molar-refractivity contribution in [2.45, 2.75) is 163 Å². The maximum atomic E-state index is 6.03. The van der Waals surface area contributed by atoms with Crippen molar-refractivity contribution in [2.75, 3.05) is 13.1 Å². The van der Waals surface area contributed by atoms with Crippen LogP contribution in [-0.2, 0) is 0 Å². The van der Waals surface area contributed by atoms with Gasteiger partial charge in [-0.25, -0.2) is 0 Å². The molecule has 5 aliphatic rings. The summed E-state index contributed by atoms with van der Waals surface area (Å²) in [7, 11) is 0. The van der Waals surface area contributed by atoms with Gasteiger partial charge in [-0.2, -0.15) is 0 Å². The first-order valence-electron chi connectivity index (χ1n) is 17.4. The highest BCUT2D eigenvalue weighted by atomic mass is 14.8. The zero-order chi connectivity index (χ0) is 31.3. The Morgan fingerprint density at radius 3 is 1.55 bits per heavy atom. The van der Waals surface area contributed by atoms with Gasteiger partial charge in [0.1, 0.15) is 0 Å². The second kappa shape index (κ2) is 20.7. The van der Waals surface area contributed by atoms with Gasteiger partial charge < -0.3 is 40.1 Å². The molecule has 254 valence electrons. The molecule has 0 heterocycles. The zero-order valence-corrected chi connectivity index (χ0v) is 28.4. The average Bonchev–Trinajstić information content (AvgIpc) is 3.59. The molecule has 42 heavy (non-hydrogen) atoms. The Hall–Kier alpha value is -0.280. The van der Waals surface area contributed by atoms with Crippen LogP contribution in [0.1, 0.15) is 133 Å². The van der Waals surface area contributed by atoms with Crippen molar-refractivity contribution < 1.29 is 0 Å². The fourth-order valence-corrected chi connectivity index (χ4v) is 8.21. The highest BCUT2D eigenvalue weighted by Gasteiger charge is 2.43. The molecule has 0 saturated heterocycles. The summed E-state index contributed by atoms with van der Waals surface area (Å²) in [6, 6.07) is 1.75. The fraction of sp³-hybridized carbons (Fsp3) is 1.00. The van der Waals surface area contributed by atoms with Crippen LogP contribution in [0.3, 0.4) is 0 Å². The predicted molar refractivity (Wildman–Crippen MR) is 187 cm³/mol. The normalized spacial score (nSPS) is 41.3. The van der Waals surface area contributed by atoms with Crippen LogP contribution in [0.25, 0.3) is 0 Å². The summed E-state index contributed by atoms with van der Waals surface area (Å²) in [6.45, 7) is 16.9. The molecular formula is C35H79N7. The summed E-state index contributed by atoms with van der Waals surface area (Å²) in [4.78, 5) is 0. The van der Waals surface area contributed by atoms with Crippen LogP contribution in [-0.4, -0.2) is 43.3 Å². The Bertz CT molecular complexity index is 664. The third-order valence-electron chi connectivity index (χ3n) is 11.4. The van der Waals surface area contributed by atoms with E-state index in [9.17, 15) is 0 Å². The quantitative estimate of drug-likeness (QED) is 0.225. The lowest BCUT2D eigenvalue weighted by atomic mass is 9.81. The van der Waals surface area contributed by atoms with Gasteiger partial charge in [-0.3, -0.25) is 0 Å². The maximum Gasteiger partial charge on any atom is 0.0110 e. The fourth-order valence-electron chi connectivity index (χ4n) is 8.21. The molecule has 0 radical (unpaired) electrons. The molecule has 0 aromatic carbocycles. The van der Waals surface area contributed by atoms with Gasteiger partial charge in [0.2, 0.25) is 0 Å². The lowest BCUT2D eigenvalue weighted by Gasteiger charge is -2.30. The van der Waals surface area contributed by atoms with Gasteiger partial charge in [0.05, 0.1) is 0 Å². The van der Waals surface area contributed by atoms with E-state index in [0.29, 0.717) is 59.3 Å². The van der Waals surface area contributed by atoms with Crippen LogP contribution in [0.2, 0.25) is 0 Å². The van der Waals surface area contributed by atoms with E-state index >= 15 is 0 Å². The second-order valence-electron chi connectivity index (χ2n) is 15.2. The van der Waals surface area contributed by atoms with Crippen LogP contribution in [0.15, 0.2) is 0 Å². The highest BCUT2D eigenvalue weighted by Crippen LogP contribution is 2.49. The van der Waals surface area contributed by atoms with Crippen LogP contribution >= 0.6 is 0 Å². The molecule has 11 unspecified atom stereocenters. The number of hydrogen-bond acceptors (Lipinski definition) is 7. The third-order valence-corrected chi connectivity index (χ3v) is 11.4. The SMILES string of the molecule is C.CC1C(N)CCCC1N.CC1CC(C)(C)C(CN)C1N.CC1CCC(N)CC1N.CCC1CC2CCC1C2.CCN. The molecule has 5 aliphatic carbocycles. The molecule has 11 atom stereocenters. The van der Waals surface area contributed by atoms with Crippen LogP contribution in [0.5, 0.6) is 0 Å². The number of fused-ring (bicyclic) bond motifs is 2. The Balaban J connectivity index is 0.000000514. The highest BCUT2D eigenvalue weighted by molar-refractivity contribution is 4.97. The molecule has 7 nitrogen and oxygen atoms in total. The van der Waals surface area contributed by atoms with Crippen LogP contribution < -0.4 is 40.1 Å². The minimum atomic E-state index is 0. The summed E-state index contributed by atoms with van der Waals surface area (Å²) >= 11 is 0. The topological polar surface area (TPSA) is 182 Å². The van der Waals surface area contributed by atoms with E-state index in [2.05, 4.69) is 41.5 Å². The van der Waals surface area contributed by atoms with E-state index in [1.54, 1.807) is 25.7 Å². The molecule has 0 aromatic rings. The average molecular weight is 598 g/mol. The lowest BCUT2D eigenvalue weighted by Crippen LogP contribution is -2.44. The van der Waals surface area contributed by atoms with E-state index in [1.165, 1.54) is 25.7 Å². The summed E-state index contributed by atoms with van der Waals surface area (Å²) in [5.41, 5.74) is 40.0. The Morgan fingerprint density at radius 1 is 0.690 bits per heavy atom. The molecule has 2 bridgehead atoms. The van der Waals surface area contributed by atoms with Gasteiger partial charge in [0, 0.05) is 30.2 Å². The summed E-state index contributed by atoms with van der Waals surface area (Å²) in [5.74, 6) is 5.79. The summed E-state index contributed by atoms with van der Waals surface area (Å²) in [6.07, 6.45) is 15.9. The van der Waals surface area contributed by atoms with Crippen LogP contribution in [0.4, 0.5) is 0 Å². The van der Waals surface area contributed by atoms with Gasteiger partial charge >= 0.3 is 0 Å². The van der Waals surface area contributed by atoms with Crippen molar-refractivity contribution >= 4 is 0 Å². The maximum absolute atomic E-state index is 6.03. The van der Waals surface area contributed by atoms with Crippen molar-refractivity contribution in [1.29, 1.82) is 0 Å². The smallest absolute Gasteiger partial charge is 0.0110 e. The van der Waals surface area contributed by atoms with Crippen molar-refractivity contribution in [3.63, 3.8) is 0 Å². The van der Waals surface area contributed by atoms with Crippen molar-refractivity contribution in [3.05, 3.63) is 0 Å². The predicted octanol–water partition coefficient (Wildman–Crippen LogP) is 5.31. The number of rotatable bonds is 2. The van der Waals surface area contributed by atoms with Crippen molar-refractivity contribution in [1.82, 2.24) is 0 Å². The van der Waals surface area contributed by atoms with Gasteiger partial charge in [-0.05, 0) is 118 Å². The van der Waals surface area contributed by atoms with Crippen molar-refractivity contribution in [2.24, 2.45) is 87.0 Å². The molecule has 5 rings (SSSR count). The lowest BCUT2D eigenvalue weighted by molar-refractivity contribution is 0.253. The molecule has 0 aromatic heterocycles. The van der Waals surface area contributed by atoms with E-state index < -0.39 is 0 Å². The second-order valence-corrected chi connectivity index (χ2v) is 15.2. The minimum absolute atomic E-state index is 0. The van der Waals surface area contributed by atoms with Gasteiger partial charge in [0.25, 0.3) is 0 Å². The number of nitrogens with two attached hydrogens (primary N) is 7. The molecule has 7 heteroatoms. The first-order valence-corrected chi connectivity index (χ1v) is 17.4. The summed E-state index contributed by atoms with van der Waals surface area (Å²) in [5, 5.41) is 0. The Labute approximate surface area is 263 Å². The molecule has 5 fully saturated rings. The molecule has 0 spiro atoms. The standard InChI is InChI=1S/C9H20N2.C9H16.2C7H16N2.C2H7N.CH4/c1-6-4-9(2,3)7(5-10)8(6)11;1-2-8-5-7-3-4-9(8)6-7;1-5-2-3-6(8)4-7(5)9;1-5-6(8)3-2-4-7(5)9;1-2-3;/h6-8H,4-5,10-11H2,1-3H3;7-9H,2-6H2,1H3;2*5-7H,2-4,8-9H2,1H3;2-3H2,1H3;1H4. The number of hydrogen-bond donors (Lipinski definition) is 7. The largest absolute Gasteiger partial charge is 0.331 e. The van der Waals surface area contributed by atoms with Crippen molar-refractivity contribution in [3.8, 4) is 0 Å². The molecule has 14 N–H and O–H groups in total. The van der Waals surface area contributed by atoms with E-state index in [-0.39, 0.29) is 7.43 Å². The summed E-state index contributed by atoms with van der Waals surface area (Å²) < 4.78 is 0. The van der Waals surface area contributed by atoms with Gasteiger partial charge in [-0.1, -0.05) is 75.2 Å². The zero-order valence-electron chi connectivity index (χ0n) is 28.4. The monoisotopic (exact) mass is 598 g/mol. The van der Waals surface area contributed by atoms with E-state index in [0.717, 1.165) is 56.5 Å². The van der Waals surface area contributed by atoms with E-state index in [4.69, 9.17) is 40.1 Å². The Morgan fingerprint density at radius 2 is 1.26 bits per heavy atom. The Kier molecular flexibility index (Phi) is 20.6. The van der Waals surface area contributed by atoms with Gasteiger partial charge in [0.15, 0.2) is 0 Å². The molecule has 0 amide bonds. The first-order chi connectivity index (χ1) is 19.2. The minimum Gasteiger partial charge on any atom is -0.331 e. The molecular weight excluding hydrogens is 518 g/mol. The first kappa shape index (κ1) is 41.7. The molecule has 0 aliphatic heterocycles. The third kappa shape index (κ3) is 13.4. The molecule has 5 saturated carbocycles. The van der Waals surface area contributed by atoms with Gasteiger partial charge in [-0.15, -0.1) is 0 Å². The van der Waals surface area contributed by atoms with E-state index in [1.807, 2.05) is 6.92 Å². The van der Waals surface area contributed by atoms with Crippen LogP contribution in [0, 0.1) is 46.8 Å².